The molecule has 33 heavy (non-hydrogen) atoms. The summed E-state index contributed by atoms with van der Waals surface area (Å²) in [5.41, 5.74) is 8.79. The van der Waals surface area contributed by atoms with Crippen LogP contribution in [0.5, 0.6) is 0 Å². The van der Waals surface area contributed by atoms with Gasteiger partial charge in [0.25, 0.3) is 5.91 Å². The Labute approximate surface area is 188 Å². The third-order valence-corrected chi connectivity index (χ3v) is 5.31. The van der Waals surface area contributed by atoms with E-state index in [0.717, 1.165) is 5.56 Å². The highest BCUT2D eigenvalue weighted by molar-refractivity contribution is 5.95. The lowest BCUT2D eigenvalue weighted by Crippen LogP contribution is -2.41. The molecule has 0 bridgehead atoms. The van der Waals surface area contributed by atoms with Crippen LogP contribution in [0.3, 0.4) is 0 Å². The minimum atomic E-state index is -0.591. The Morgan fingerprint density at radius 3 is 2.70 bits per heavy atom. The van der Waals surface area contributed by atoms with Crippen molar-refractivity contribution in [2.75, 3.05) is 32.0 Å². The quantitative estimate of drug-likeness (QED) is 0.479. The molecular weight excluding hydrogens is 423 g/mol. The SMILES string of the molecule is Nc1cc(C#Cc2cnc3cnc(-c4ccc(C(=O)N5CCOCC5)c(F)c4)cn23)ccn1. The third kappa shape index (κ3) is 4.24. The molecule has 1 aromatic carbocycles. The van der Waals surface area contributed by atoms with Crippen molar-refractivity contribution in [2.45, 2.75) is 0 Å². The van der Waals surface area contributed by atoms with Crippen molar-refractivity contribution in [1.29, 1.82) is 0 Å². The molecule has 2 N–H and O–H groups in total. The van der Waals surface area contributed by atoms with Crippen LogP contribution in [-0.2, 0) is 4.74 Å². The summed E-state index contributed by atoms with van der Waals surface area (Å²) in [6.45, 7) is 1.82. The monoisotopic (exact) mass is 442 g/mol. The smallest absolute Gasteiger partial charge is 0.256 e. The number of carbonyl (C=O) groups is 1. The summed E-state index contributed by atoms with van der Waals surface area (Å²) in [5, 5.41) is 0. The Kier molecular flexibility index (Phi) is 5.42. The van der Waals surface area contributed by atoms with Gasteiger partial charge in [-0.1, -0.05) is 12.0 Å². The van der Waals surface area contributed by atoms with Crippen LogP contribution in [0.1, 0.15) is 21.6 Å². The Balaban J connectivity index is 1.45. The average molecular weight is 442 g/mol. The largest absolute Gasteiger partial charge is 0.384 e. The van der Waals surface area contributed by atoms with E-state index in [1.807, 2.05) is 0 Å². The number of halogens is 1. The maximum atomic E-state index is 14.9. The van der Waals surface area contributed by atoms with Crippen molar-refractivity contribution in [2.24, 2.45) is 0 Å². The standard InChI is InChI=1S/C24H19FN6O2/c25-20-12-17(2-4-19(20)24(32)30-7-9-33-10-8-30)21-15-31-18(13-29-23(31)14-28-21)3-1-16-5-6-27-22(26)11-16/h2,4-6,11-15H,7-10H2,(H2,26,27). The second kappa shape index (κ2) is 8.68. The number of hydrogen-bond acceptors (Lipinski definition) is 6. The zero-order chi connectivity index (χ0) is 22.8. The first kappa shape index (κ1) is 20.6. The van der Waals surface area contributed by atoms with Crippen LogP contribution in [0, 0.1) is 17.7 Å². The van der Waals surface area contributed by atoms with E-state index in [1.54, 1.807) is 52.3 Å². The number of amides is 1. The van der Waals surface area contributed by atoms with Gasteiger partial charge in [-0.15, -0.1) is 0 Å². The lowest BCUT2D eigenvalue weighted by Gasteiger charge is -2.27. The summed E-state index contributed by atoms with van der Waals surface area (Å²) in [5.74, 6) is 5.57. The van der Waals surface area contributed by atoms with Crippen molar-refractivity contribution in [3.05, 3.63) is 77.8 Å². The van der Waals surface area contributed by atoms with Crippen LogP contribution in [0.25, 0.3) is 16.9 Å². The normalized spacial score (nSPS) is 13.5. The fraction of sp³-hybridized carbons (Fsp3) is 0.167. The molecule has 1 amide bonds. The second-order valence-electron chi connectivity index (χ2n) is 7.46. The van der Waals surface area contributed by atoms with Crippen LogP contribution in [0.4, 0.5) is 10.2 Å². The molecule has 4 aromatic rings. The van der Waals surface area contributed by atoms with Gasteiger partial charge >= 0.3 is 0 Å². The van der Waals surface area contributed by atoms with E-state index in [-0.39, 0.29) is 11.5 Å². The first-order chi connectivity index (χ1) is 16.1. The predicted octanol–water partition coefficient (Wildman–Crippen LogP) is 2.38. The van der Waals surface area contributed by atoms with Gasteiger partial charge in [-0.2, -0.15) is 0 Å². The second-order valence-corrected chi connectivity index (χ2v) is 7.46. The van der Waals surface area contributed by atoms with E-state index < -0.39 is 5.82 Å². The summed E-state index contributed by atoms with van der Waals surface area (Å²) < 4.78 is 21.9. The van der Waals surface area contributed by atoms with Gasteiger partial charge < -0.3 is 15.4 Å². The summed E-state index contributed by atoms with van der Waals surface area (Å²) in [7, 11) is 0. The molecule has 8 nitrogen and oxygen atoms in total. The summed E-state index contributed by atoms with van der Waals surface area (Å²) in [6.07, 6.45) is 6.57. The van der Waals surface area contributed by atoms with Crippen molar-refractivity contribution in [3.63, 3.8) is 0 Å². The third-order valence-electron chi connectivity index (χ3n) is 5.31. The van der Waals surface area contributed by atoms with E-state index in [9.17, 15) is 9.18 Å². The van der Waals surface area contributed by atoms with Gasteiger partial charge in [0.1, 0.15) is 17.3 Å². The maximum absolute atomic E-state index is 14.9. The summed E-state index contributed by atoms with van der Waals surface area (Å²) >= 11 is 0. The number of benzene rings is 1. The molecule has 0 atom stereocenters. The number of ether oxygens (including phenoxy) is 1. The molecule has 5 rings (SSSR count). The van der Waals surface area contributed by atoms with Crippen LogP contribution < -0.4 is 5.73 Å². The van der Waals surface area contributed by atoms with E-state index in [4.69, 9.17) is 10.5 Å². The van der Waals surface area contributed by atoms with Crippen molar-refractivity contribution < 1.29 is 13.9 Å². The highest BCUT2D eigenvalue weighted by Gasteiger charge is 2.21. The number of fused-ring (bicyclic) bond motifs is 1. The minimum Gasteiger partial charge on any atom is -0.384 e. The zero-order valence-electron chi connectivity index (χ0n) is 17.5. The number of hydrogen-bond donors (Lipinski definition) is 1. The molecule has 0 spiro atoms. The van der Waals surface area contributed by atoms with Crippen molar-refractivity contribution >= 4 is 17.4 Å². The van der Waals surface area contributed by atoms with Gasteiger partial charge in [0, 0.05) is 36.6 Å². The Bertz CT molecular complexity index is 1420. The molecule has 4 heterocycles. The fourth-order valence-electron chi connectivity index (χ4n) is 3.58. The molecule has 0 unspecified atom stereocenters. The molecule has 3 aromatic heterocycles. The average Bonchev–Trinajstić information content (AvgIpc) is 3.25. The molecule has 164 valence electrons. The molecule has 1 aliphatic heterocycles. The van der Waals surface area contributed by atoms with Gasteiger partial charge in [-0.25, -0.2) is 14.4 Å². The van der Waals surface area contributed by atoms with Crippen molar-refractivity contribution in [1.82, 2.24) is 24.3 Å². The van der Waals surface area contributed by atoms with Gasteiger partial charge in [0.15, 0.2) is 5.65 Å². The number of imidazole rings is 1. The van der Waals surface area contributed by atoms with Crippen LogP contribution in [0.2, 0.25) is 0 Å². The van der Waals surface area contributed by atoms with Gasteiger partial charge in [-0.3, -0.25) is 14.2 Å². The number of rotatable bonds is 2. The lowest BCUT2D eigenvalue weighted by atomic mass is 10.1. The molecule has 0 saturated carbocycles. The zero-order valence-corrected chi connectivity index (χ0v) is 17.5. The number of carbonyl (C=O) groups excluding carboxylic acids is 1. The molecule has 1 fully saturated rings. The minimum absolute atomic E-state index is 0.0348. The molecular formula is C24H19FN6O2. The molecule has 0 radical (unpaired) electrons. The first-order valence-corrected chi connectivity index (χ1v) is 10.3. The number of morpholine rings is 1. The van der Waals surface area contributed by atoms with Gasteiger partial charge in [0.05, 0.1) is 36.9 Å². The summed E-state index contributed by atoms with van der Waals surface area (Å²) in [4.78, 5) is 26.9. The number of pyridine rings is 1. The first-order valence-electron chi connectivity index (χ1n) is 10.3. The lowest BCUT2D eigenvalue weighted by molar-refractivity contribution is 0.0300. The van der Waals surface area contributed by atoms with Crippen molar-refractivity contribution in [3.8, 4) is 23.1 Å². The maximum Gasteiger partial charge on any atom is 0.256 e. The number of anilines is 1. The topological polar surface area (TPSA) is 98.6 Å². The Morgan fingerprint density at radius 2 is 1.91 bits per heavy atom. The van der Waals surface area contributed by atoms with E-state index in [1.165, 1.54) is 12.1 Å². The van der Waals surface area contributed by atoms with E-state index >= 15 is 0 Å². The van der Waals surface area contributed by atoms with Crippen LogP contribution in [-0.4, -0.2) is 56.5 Å². The fourth-order valence-corrected chi connectivity index (χ4v) is 3.58. The number of nitrogens with two attached hydrogens (primary N) is 1. The molecule has 1 aliphatic rings. The number of nitrogen functional groups attached to an aromatic ring is 1. The number of aromatic nitrogens is 4. The van der Waals surface area contributed by atoms with Crippen LogP contribution >= 0.6 is 0 Å². The van der Waals surface area contributed by atoms with E-state index in [2.05, 4.69) is 26.8 Å². The highest BCUT2D eigenvalue weighted by atomic mass is 19.1. The van der Waals surface area contributed by atoms with Gasteiger partial charge in [-0.05, 0) is 30.2 Å². The Morgan fingerprint density at radius 1 is 1.06 bits per heavy atom. The van der Waals surface area contributed by atoms with Gasteiger partial charge in [0.2, 0.25) is 0 Å². The molecule has 0 aliphatic carbocycles. The summed E-state index contributed by atoms with van der Waals surface area (Å²) in [6, 6.07) is 7.96. The Hall–Kier alpha value is -4.29. The van der Waals surface area contributed by atoms with Crippen LogP contribution in [0.15, 0.2) is 55.1 Å². The van der Waals surface area contributed by atoms with E-state index in [0.29, 0.717) is 54.7 Å². The molecule has 1 saturated heterocycles. The number of nitrogens with zero attached hydrogens (tertiary/aromatic N) is 5. The molecule has 9 heteroatoms. The predicted molar refractivity (Wildman–Crippen MR) is 120 cm³/mol. The highest BCUT2D eigenvalue weighted by Crippen LogP contribution is 2.22.